The molecular formula is C15H33BrOSi. The Balaban J connectivity index is 3.21. The largest absolute Gasteiger partial charge is 0.381 e. The van der Waals surface area contributed by atoms with Gasteiger partial charge in [-0.05, 0) is 17.9 Å². The van der Waals surface area contributed by atoms with E-state index >= 15 is 0 Å². The fourth-order valence-electron chi connectivity index (χ4n) is 1.68. The highest BCUT2D eigenvalue weighted by Crippen LogP contribution is 2.28. The van der Waals surface area contributed by atoms with Gasteiger partial charge in [0.2, 0.25) is 0 Å². The third-order valence-electron chi connectivity index (χ3n) is 3.96. The molecule has 0 fully saturated rings. The third-order valence-corrected chi connectivity index (χ3v) is 7.81. The van der Waals surface area contributed by atoms with Crippen molar-refractivity contribution < 1.29 is 4.74 Å². The molecule has 0 aromatic rings. The minimum Gasteiger partial charge on any atom is -0.381 e. The lowest BCUT2D eigenvalue weighted by Crippen LogP contribution is -2.26. The van der Waals surface area contributed by atoms with Gasteiger partial charge in [0.15, 0.2) is 0 Å². The highest BCUT2D eigenvalue weighted by Gasteiger charge is 2.23. The van der Waals surface area contributed by atoms with Gasteiger partial charge in [0.1, 0.15) is 0 Å². The van der Waals surface area contributed by atoms with E-state index in [4.69, 9.17) is 4.74 Å². The summed E-state index contributed by atoms with van der Waals surface area (Å²) in [6.45, 7) is 11.5. The molecular weight excluding hydrogens is 304 g/mol. The van der Waals surface area contributed by atoms with E-state index in [0.29, 0.717) is 5.04 Å². The van der Waals surface area contributed by atoms with Gasteiger partial charge in [-0.3, -0.25) is 0 Å². The summed E-state index contributed by atoms with van der Waals surface area (Å²) in [4.78, 5) is 0. The molecule has 0 aromatic carbocycles. The first-order valence-electron chi connectivity index (χ1n) is 7.64. The van der Waals surface area contributed by atoms with Gasteiger partial charge in [0.05, 0.1) is 0 Å². The summed E-state index contributed by atoms with van der Waals surface area (Å²) in [6.07, 6.45) is 9.48. The number of alkyl halides is 1. The second kappa shape index (κ2) is 11.5. The van der Waals surface area contributed by atoms with Crippen molar-refractivity contribution in [1.29, 1.82) is 0 Å². The fourth-order valence-corrected chi connectivity index (χ4v) is 2.53. The molecule has 0 aliphatic heterocycles. The maximum Gasteiger partial charge on any atom is 0.0490 e. The first kappa shape index (κ1) is 18.7. The Bertz CT molecular complexity index is 183. The molecule has 3 heteroatoms. The van der Waals surface area contributed by atoms with Crippen LogP contribution in [0.5, 0.6) is 0 Å². The molecule has 0 aromatic heterocycles. The van der Waals surface area contributed by atoms with E-state index in [0.717, 1.165) is 18.5 Å². The third kappa shape index (κ3) is 10.6. The molecule has 0 bridgehead atoms. The van der Waals surface area contributed by atoms with Gasteiger partial charge in [-0.2, -0.15) is 0 Å². The predicted molar refractivity (Wildman–Crippen MR) is 89.9 cm³/mol. The van der Waals surface area contributed by atoms with Crippen molar-refractivity contribution in [3.05, 3.63) is 0 Å². The number of ether oxygens (including phenoxy) is 1. The maximum atomic E-state index is 5.83. The van der Waals surface area contributed by atoms with E-state index < -0.39 is 8.80 Å². The van der Waals surface area contributed by atoms with Crippen LogP contribution in [0.4, 0.5) is 0 Å². The van der Waals surface area contributed by atoms with Gasteiger partial charge in [-0.15, -0.1) is 0 Å². The highest BCUT2D eigenvalue weighted by atomic mass is 79.9. The van der Waals surface area contributed by atoms with Crippen molar-refractivity contribution in [2.24, 2.45) is 0 Å². The quantitative estimate of drug-likeness (QED) is 0.263. The van der Waals surface area contributed by atoms with E-state index in [1.54, 1.807) is 0 Å². The summed E-state index contributed by atoms with van der Waals surface area (Å²) < 4.78 is 5.83. The first-order chi connectivity index (χ1) is 8.50. The van der Waals surface area contributed by atoms with Crippen LogP contribution in [0.1, 0.15) is 58.8 Å². The summed E-state index contributed by atoms with van der Waals surface area (Å²) in [5.74, 6) is 0. The van der Waals surface area contributed by atoms with Gasteiger partial charge >= 0.3 is 0 Å². The molecule has 0 spiro atoms. The van der Waals surface area contributed by atoms with Crippen molar-refractivity contribution in [1.82, 2.24) is 0 Å². The van der Waals surface area contributed by atoms with Crippen LogP contribution in [-0.2, 0) is 4.74 Å². The fraction of sp³-hybridized carbons (Fsp3) is 1.00. The van der Waals surface area contributed by atoms with Crippen molar-refractivity contribution in [3.63, 3.8) is 0 Å². The van der Waals surface area contributed by atoms with Crippen LogP contribution >= 0.6 is 15.9 Å². The lowest BCUT2D eigenvalue weighted by atomic mass is 10.1. The second-order valence-corrected chi connectivity index (χ2v) is 11.0. The van der Waals surface area contributed by atoms with Gasteiger partial charge in [0.25, 0.3) is 0 Å². The van der Waals surface area contributed by atoms with Gasteiger partial charge in [-0.25, -0.2) is 0 Å². The maximum absolute atomic E-state index is 5.83. The number of hydrogen-bond donors (Lipinski definition) is 0. The molecule has 0 rings (SSSR count). The zero-order valence-electron chi connectivity index (χ0n) is 12.9. The van der Waals surface area contributed by atoms with Crippen LogP contribution in [0.25, 0.3) is 0 Å². The average molecular weight is 337 g/mol. The van der Waals surface area contributed by atoms with E-state index in [2.05, 4.69) is 42.9 Å². The standard InChI is InChI=1S/C15H33BrOSi/c1-15(2,18(3)4)14-17-13-11-9-7-5-6-8-10-12-16/h18H,5-14H2,1-4H3. The van der Waals surface area contributed by atoms with Gasteiger partial charge < -0.3 is 4.74 Å². The number of rotatable bonds is 12. The molecule has 0 unspecified atom stereocenters. The van der Waals surface area contributed by atoms with Crippen LogP contribution < -0.4 is 0 Å². The smallest absolute Gasteiger partial charge is 0.0490 e. The van der Waals surface area contributed by atoms with Crippen LogP contribution in [0, 0.1) is 0 Å². The monoisotopic (exact) mass is 336 g/mol. The van der Waals surface area contributed by atoms with E-state index in [1.807, 2.05) is 0 Å². The number of unbranched alkanes of at least 4 members (excludes halogenated alkanes) is 6. The molecule has 0 N–H and O–H groups in total. The molecule has 0 heterocycles. The summed E-state index contributed by atoms with van der Waals surface area (Å²) in [6, 6.07) is 0. The Morgan fingerprint density at radius 1 is 0.889 bits per heavy atom. The minimum atomic E-state index is -0.590. The van der Waals surface area contributed by atoms with Gasteiger partial charge in [0, 0.05) is 27.3 Å². The van der Waals surface area contributed by atoms with Crippen molar-refractivity contribution >= 4 is 24.7 Å². The van der Waals surface area contributed by atoms with Crippen LogP contribution in [0.3, 0.4) is 0 Å². The summed E-state index contributed by atoms with van der Waals surface area (Å²) in [7, 11) is -0.590. The lowest BCUT2D eigenvalue weighted by Gasteiger charge is -2.27. The summed E-state index contributed by atoms with van der Waals surface area (Å²) >= 11 is 3.47. The molecule has 0 saturated carbocycles. The Hall–Kier alpha value is 0.657. The van der Waals surface area contributed by atoms with Gasteiger partial charge in [-0.1, -0.05) is 75.0 Å². The zero-order valence-corrected chi connectivity index (χ0v) is 15.7. The molecule has 0 atom stereocenters. The Morgan fingerprint density at radius 3 is 1.89 bits per heavy atom. The van der Waals surface area contributed by atoms with Crippen LogP contribution in [-0.4, -0.2) is 27.3 Å². The first-order valence-corrected chi connectivity index (χ1v) is 11.6. The average Bonchev–Trinajstić information content (AvgIpc) is 2.31. The SMILES string of the molecule is C[SiH](C)C(C)(C)COCCCCCCCCCBr. The topological polar surface area (TPSA) is 9.23 Å². The highest BCUT2D eigenvalue weighted by molar-refractivity contribution is 9.09. The zero-order chi connectivity index (χ0) is 13.9. The Morgan fingerprint density at radius 2 is 1.39 bits per heavy atom. The predicted octanol–water partition coefficient (Wildman–Crippen LogP) is 5.40. The second-order valence-electron chi connectivity index (χ2n) is 6.36. The summed E-state index contributed by atoms with van der Waals surface area (Å²) in [5, 5.41) is 1.62. The molecule has 0 amide bonds. The van der Waals surface area contributed by atoms with E-state index in [-0.39, 0.29) is 0 Å². The molecule has 1 nitrogen and oxygen atoms in total. The number of hydrogen-bond acceptors (Lipinski definition) is 1. The van der Waals surface area contributed by atoms with Crippen LogP contribution in [0.2, 0.25) is 18.1 Å². The van der Waals surface area contributed by atoms with Crippen molar-refractivity contribution in [2.45, 2.75) is 76.9 Å². The molecule has 110 valence electrons. The molecule has 0 aliphatic rings. The van der Waals surface area contributed by atoms with E-state index in [9.17, 15) is 0 Å². The molecule has 18 heavy (non-hydrogen) atoms. The summed E-state index contributed by atoms with van der Waals surface area (Å²) in [5.41, 5.74) is 0. The normalized spacial score (nSPS) is 12.3. The van der Waals surface area contributed by atoms with Crippen LogP contribution in [0.15, 0.2) is 0 Å². The number of halogens is 1. The van der Waals surface area contributed by atoms with E-state index in [1.165, 1.54) is 44.9 Å². The Labute approximate surface area is 125 Å². The molecule has 0 aliphatic carbocycles. The molecule has 0 radical (unpaired) electrons. The van der Waals surface area contributed by atoms with Crippen molar-refractivity contribution in [2.75, 3.05) is 18.5 Å². The van der Waals surface area contributed by atoms with Crippen molar-refractivity contribution in [3.8, 4) is 0 Å². The Kier molecular flexibility index (Phi) is 11.9. The molecule has 0 saturated heterocycles. The lowest BCUT2D eigenvalue weighted by molar-refractivity contribution is 0.110. The minimum absolute atomic E-state index is 0.454.